The molecule has 0 aliphatic heterocycles. The molecule has 1 saturated carbocycles. The summed E-state index contributed by atoms with van der Waals surface area (Å²) in [6.07, 6.45) is 7.80. The minimum atomic E-state index is 0.425. The average Bonchev–Trinajstić information content (AvgIpc) is 2.49. The summed E-state index contributed by atoms with van der Waals surface area (Å²) in [4.78, 5) is 0. The summed E-state index contributed by atoms with van der Waals surface area (Å²) in [6, 6.07) is 0.425. The lowest BCUT2D eigenvalue weighted by Gasteiger charge is -2.26. The second kappa shape index (κ2) is 5.00. The lowest BCUT2D eigenvalue weighted by atomic mass is 9.83. The summed E-state index contributed by atoms with van der Waals surface area (Å²) in [5.41, 5.74) is 2.47. The molecule has 0 bridgehead atoms. The Kier molecular flexibility index (Phi) is 3.64. The third-order valence-corrected chi connectivity index (χ3v) is 3.75. The first-order valence-electron chi connectivity index (χ1n) is 6.40. The molecule has 1 fully saturated rings. The number of nitrogens with one attached hydrogen (secondary N) is 1. The van der Waals surface area contributed by atoms with E-state index in [9.17, 15) is 0 Å². The third-order valence-electron chi connectivity index (χ3n) is 3.75. The Bertz CT molecular complexity index is 339. The van der Waals surface area contributed by atoms with Crippen LogP contribution in [0.15, 0.2) is 6.20 Å². The van der Waals surface area contributed by atoms with E-state index >= 15 is 0 Å². The van der Waals surface area contributed by atoms with E-state index in [1.165, 1.54) is 31.2 Å². The van der Waals surface area contributed by atoms with Crippen LogP contribution in [0.1, 0.15) is 49.9 Å². The number of rotatable bonds is 5. The van der Waals surface area contributed by atoms with Crippen molar-refractivity contribution in [1.29, 1.82) is 0 Å². The van der Waals surface area contributed by atoms with Crippen molar-refractivity contribution >= 4 is 0 Å². The van der Waals surface area contributed by atoms with Gasteiger partial charge in [-0.25, -0.2) is 0 Å². The summed E-state index contributed by atoms with van der Waals surface area (Å²) in [5, 5.41) is 7.98. The molecule has 1 aromatic heterocycles. The molecule has 2 rings (SSSR count). The molecular weight excluding hydrogens is 198 g/mol. The summed E-state index contributed by atoms with van der Waals surface area (Å²) >= 11 is 0. The number of aryl methyl sites for hydroxylation is 2. The van der Waals surface area contributed by atoms with Crippen LogP contribution in [-0.2, 0) is 7.05 Å². The van der Waals surface area contributed by atoms with E-state index in [-0.39, 0.29) is 0 Å². The van der Waals surface area contributed by atoms with Crippen molar-refractivity contribution in [2.24, 2.45) is 13.0 Å². The van der Waals surface area contributed by atoms with Crippen LogP contribution >= 0.6 is 0 Å². The molecular formula is C13H23N3. The highest BCUT2D eigenvalue weighted by atomic mass is 15.3. The van der Waals surface area contributed by atoms with Crippen LogP contribution in [0.3, 0.4) is 0 Å². The van der Waals surface area contributed by atoms with E-state index in [0.717, 1.165) is 18.2 Å². The Labute approximate surface area is 98.2 Å². The molecule has 1 heterocycles. The Morgan fingerprint density at radius 3 is 2.81 bits per heavy atom. The fourth-order valence-electron chi connectivity index (χ4n) is 2.44. The highest BCUT2D eigenvalue weighted by molar-refractivity contribution is 5.19. The normalized spacial score (nSPS) is 18.4. The van der Waals surface area contributed by atoms with E-state index in [2.05, 4.69) is 30.5 Å². The molecule has 1 aliphatic rings. The first kappa shape index (κ1) is 11.6. The second-order valence-electron chi connectivity index (χ2n) is 5.10. The highest BCUT2D eigenvalue weighted by Gasteiger charge is 2.17. The van der Waals surface area contributed by atoms with Crippen molar-refractivity contribution < 1.29 is 0 Å². The van der Waals surface area contributed by atoms with Gasteiger partial charge in [-0.3, -0.25) is 4.68 Å². The van der Waals surface area contributed by atoms with Crippen molar-refractivity contribution in [3.63, 3.8) is 0 Å². The fraction of sp³-hybridized carbons (Fsp3) is 0.769. The minimum absolute atomic E-state index is 0.425. The lowest BCUT2D eigenvalue weighted by molar-refractivity contribution is 0.288. The molecule has 3 nitrogen and oxygen atoms in total. The van der Waals surface area contributed by atoms with E-state index in [4.69, 9.17) is 0 Å². The van der Waals surface area contributed by atoms with Crippen molar-refractivity contribution in [3.05, 3.63) is 17.5 Å². The number of aromatic nitrogens is 2. The monoisotopic (exact) mass is 221 g/mol. The molecule has 1 unspecified atom stereocenters. The Morgan fingerprint density at radius 2 is 2.31 bits per heavy atom. The van der Waals surface area contributed by atoms with Crippen LogP contribution in [0.4, 0.5) is 0 Å². The van der Waals surface area contributed by atoms with Crippen LogP contribution in [0.5, 0.6) is 0 Å². The maximum absolute atomic E-state index is 4.38. The van der Waals surface area contributed by atoms with Crippen molar-refractivity contribution in [2.45, 2.75) is 45.6 Å². The van der Waals surface area contributed by atoms with Gasteiger partial charge in [0.05, 0.1) is 5.69 Å². The van der Waals surface area contributed by atoms with Gasteiger partial charge < -0.3 is 5.32 Å². The lowest BCUT2D eigenvalue weighted by Crippen LogP contribution is -2.24. The second-order valence-corrected chi connectivity index (χ2v) is 5.10. The van der Waals surface area contributed by atoms with Crippen LogP contribution in [0.25, 0.3) is 0 Å². The number of hydrogen-bond acceptors (Lipinski definition) is 2. The van der Waals surface area contributed by atoms with Gasteiger partial charge in [0, 0.05) is 24.8 Å². The molecule has 0 amide bonds. The largest absolute Gasteiger partial charge is 0.310 e. The Hall–Kier alpha value is -0.830. The number of nitrogens with zero attached hydrogens (tertiary/aromatic N) is 2. The fourth-order valence-corrected chi connectivity index (χ4v) is 2.44. The highest BCUT2D eigenvalue weighted by Crippen LogP contribution is 2.29. The van der Waals surface area contributed by atoms with Gasteiger partial charge >= 0.3 is 0 Å². The van der Waals surface area contributed by atoms with Gasteiger partial charge in [-0.2, -0.15) is 5.10 Å². The molecule has 1 N–H and O–H groups in total. The predicted molar refractivity (Wildman–Crippen MR) is 66.3 cm³/mol. The molecule has 90 valence electrons. The topological polar surface area (TPSA) is 29.9 Å². The van der Waals surface area contributed by atoms with Crippen LogP contribution in [0, 0.1) is 12.8 Å². The van der Waals surface area contributed by atoms with Gasteiger partial charge in [0.2, 0.25) is 0 Å². The zero-order valence-electron chi connectivity index (χ0n) is 10.7. The molecule has 3 heteroatoms. The minimum Gasteiger partial charge on any atom is -0.310 e. The van der Waals surface area contributed by atoms with Crippen LogP contribution in [-0.4, -0.2) is 16.3 Å². The first-order chi connectivity index (χ1) is 7.66. The molecule has 0 spiro atoms. The predicted octanol–water partition coefficient (Wildman–Crippen LogP) is 2.57. The Morgan fingerprint density at radius 1 is 1.56 bits per heavy atom. The maximum Gasteiger partial charge on any atom is 0.0641 e. The van der Waals surface area contributed by atoms with E-state index in [0.29, 0.717) is 6.04 Å². The molecule has 0 saturated heterocycles. The molecule has 0 aromatic carbocycles. The van der Waals surface area contributed by atoms with E-state index in [1.54, 1.807) is 0 Å². The first-order valence-corrected chi connectivity index (χ1v) is 6.40. The summed E-state index contributed by atoms with van der Waals surface area (Å²) in [6.45, 7) is 5.45. The third kappa shape index (κ3) is 2.64. The zero-order chi connectivity index (χ0) is 11.5. The average molecular weight is 221 g/mol. The van der Waals surface area contributed by atoms with Gasteiger partial charge in [0.15, 0.2) is 0 Å². The van der Waals surface area contributed by atoms with Crippen molar-refractivity contribution in [3.8, 4) is 0 Å². The molecule has 1 aromatic rings. The Balaban J connectivity index is 1.78. The van der Waals surface area contributed by atoms with Gasteiger partial charge in [-0.15, -0.1) is 0 Å². The molecule has 0 radical (unpaired) electrons. The molecule has 16 heavy (non-hydrogen) atoms. The molecule has 1 atom stereocenters. The van der Waals surface area contributed by atoms with Crippen LogP contribution < -0.4 is 5.32 Å². The van der Waals surface area contributed by atoms with Gasteiger partial charge in [0.25, 0.3) is 0 Å². The zero-order valence-corrected chi connectivity index (χ0v) is 10.7. The van der Waals surface area contributed by atoms with Gasteiger partial charge in [0.1, 0.15) is 0 Å². The van der Waals surface area contributed by atoms with Crippen molar-refractivity contribution in [2.75, 3.05) is 6.54 Å². The standard InChI is InChI=1S/C13H23N3/c1-10(13-9-16(3)15-11(13)2)14-8-7-12-5-4-6-12/h9-10,12,14H,4-8H2,1-3H3. The van der Waals surface area contributed by atoms with E-state index < -0.39 is 0 Å². The van der Waals surface area contributed by atoms with Crippen LogP contribution in [0.2, 0.25) is 0 Å². The SMILES string of the molecule is Cc1nn(C)cc1C(C)NCCC1CCC1. The maximum atomic E-state index is 4.38. The summed E-state index contributed by atoms with van der Waals surface area (Å²) < 4.78 is 1.90. The number of hydrogen-bond donors (Lipinski definition) is 1. The van der Waals surface area contributed by atoms with Gasteiger partial charge in [-0.1, -0.05) is 19.3 Å². The summed E-state index contributed by atoms with van der Waals surface area (Å²) in [7, 11) is 1.98. The van der Waals surface area contributed by atoms with E-state index in [1.807, 2.05) is 11.7 Å². The van der Waals surface area contributed by atoms with Crippen molar-refractivity contribution in [1.82, 2.24) is 15.1 Å². The smallest absolute Gasteiger partial charge is 0.0641 e. The summed E-state index contributed by atoms with van der Waals surface area (Å²) in [5.74, 6) is 0.995. The quantitative estimate of drug-likeness (QED) is 0.828. The van der Waals surface area contributed by atoms with Gasteiger partial charge in [-0.05, 0) is 32.7 Å². The molecule has 1 aliphatic carbocycles.